The molecule has 68 valence electrons. The van der Waals surface area contributed by atoms with Crippen molar-refractivity contribution in [2.75, 3.05) is 6.54 Å². The maximum atomic E-state index is 11.4. The Hall–Kier alpha value is -0.840. The molecule has 2 nitrogen and oxygen atoms in total. The molecule has 1 amide bonds. The van der Waals surface area contributed by atoms with Crippen molar-refractivity contribution in [3.63, 3.8) is 0 Å². The van der Waals surface area contributed by atoms with Crippen molar-refractivity contribution >= 4 is 28.5 Å². The van der Waals surface area contributed by atoms with Gasteiger partial charge in [-0.25, -0.2) is 0 Å². The van der Waals surface area contributed by atoms with Gasteiger partial charge in [0.15, 0.2) is 0 Å². The van der Waals surface area contributed by atoms with Gasteiger partial charge in [-0.2, -0.15) is 0 Å². The number of benzene rings is 1. The summed E-state index contributed by atoms with van der Waals surface area (Å²) < 4.78 is 1.12. The minimum Gasteiger partial charge on any atom is -0.349 e. The molecule has 0 saturated heterocycles. The third-order valence-electron chi connectivity index (χ3n) is 1.51. The molecule has 0 aliphatic rings. The van der Waals surface area contributed by atoms with Crippen LogP contribution in [0.4, 0.5) is 0 Å². The van der Waals surface area contributed by atoms with Gasteiger partial charge in [0, 0.05) is 15.7 Å². The molecular weight excluding hydrogens is 274 g/mol. The van der Waals surface area contributed by atoms with Crippen molar-refractivity contribution in [3.05, 3.63) is 46.1 Å². The van der Waals surface area contributed by atoms with Crippen LogP contribution in [0, 0.1) is 3.57 Å². The summed E-state index contributed by atoms with van der Waals surface area (Å²) >= 11 is 2.20. The molecule has 0 spiro atoms. The van der Waals surface area contributed by atoms with Crippen molar-refractivity contribution in [1.29, 1.82) is 0 Å². The lowest BCUT2D eigenvalue weighted by molar-refractivity contribution is 0.0958. The van der Waals surface area contributed by atoms with Gasteiger partial charge in [-0.15, -0.1) is 6.58 Å². The summed E-state index contributed by atoms with van der Waals surface area (Å²) in [5, 5.41) is 2.71. The van der Waals surface area contributed by atoms with E-state index in [1.54, 1.807) is 18.2 Å². The molecular formula is C10H10INO. The van der Waals surface area contributed by atoms with Crippen molar-refractivity contribution in [1.82, 2.24) is 5.32 Å². The molecule has 0 saturated carbocycles. The molecule has 13 heavy (non-hydrogen) atoms. The summed E-state index contributed by atoms with van der Waals surface area (Å²) in [6.07, 6.45) is 1.66. The van der Waals surface area contributed by atoms with E-state index >= 15 is 0 Å². The number of nitrogens with one attached hydrogen (secondary N) is 1. The van der Waals surface area contributed by atoms with Gasteiger partial charge in [0.25, 0.3) is 5.91 Å². The third-order valence-corrected chi connectivity index (χ3v) is 2.23. The molecule has 0 atom stereocenters. The summed E-state index contributed by atoms with van der Waals surface area (Å²) in [6, 6.07) is 7.42. The lowest BCUT2D eigenvalue weighted by Crippen LogP contribution is -2.22. The number of hydrogen-bond donors (Lipinski definition) is 1. The number of carbonyl (C=O) groups excluding carboxylic acids is 1. The molecule has 0 aliphatic heterocycles. The third kappa shape index (κ3) is 3.18. The Labute approximate surface area is 91.2 Å². The highest BCUT2D eigenvalue weighted by Gasteiger charge is 2.01. The second-order valence-electron chi connectivity index (χ2n) is 2.51. The minimum absolute atomic E-state index is 0.0590. The average Bonchev–Trinajstić information content (AvgIpc) is 2.15. The summed E-state index contributed by atoms with van der Waals surface area (Å²) in [4.78, 5) is 11.4. The van der Waals surface area contributed by atoms with Gasteiger partial charge in [0.05, 0.1) is 0 Å². The number of carbonyl (C=O) groups is 1. The molecule has 0 bridgehead atoms. The molecule has 0 fully saturated rings. The zero-order chi connectivity index (χ0) is 9.68. The second kappa shape index (κ2) is 5.01. The lowest BCUT2D eigenvalue weighted by Gasteiger charge is -2.01. The van der Waals surface area contributed by atoms with Gasteiger partial charge in [-0.05, 0) is 46.9 Å². The summed E-state index contributed by atoms with van der Waals surface area (Å²) in [5.41, 5.74) is 0.683. The Bertz CT molecular complexity index is 305. The zero-order valence-corrected chi connectivity index (χ0v) is 9.24. The Morgan fingerprint density at radius 2 is 2.08 bits per heavy atom. The van der Waals surface area contributed by atoms with Crippen LogP contribution in [-0.4, -0.2) is 12.5 Å². The lowest BCUT2D eigenvalue weighted by atomic mass is 10.2. The normalized spacial score (nSPS) is 9.31. The molecule has 0 aromatic heterocycles. The van der Waals surface area contributed by atoms with Crippen LogP contribution in [0.15, 0.2) is 36.9 Å². The highest BCUT2D eigenvalue weighted by atomic mass is 124. The first kappa shape index (κ1) is 10.2. The van der Waals surface area contributed by atoms with Crippen LogP contribution < -0.4 is 5.32 Å². The number of rotatable bonds is 3. The Morgan fingerprint density at radius 1 is 1.46 bits per heavy atom. The van der Waals surface area contributed by atoms with Crippen molar-refractivity contribution in [3.8, 4) is 0 Å². The van der Waals surface area contributed by atoms with Crippen molar-refractivity contribution in [2.24, 2.45) is 0 Å². The highest BCUT2D eigenvalue weighted by molar-refractivity contribution is 14.1. The van der Waals surface area contributed by atoms with Crippen LogP contribution in [0.25, 0.3) is 0 Å². The number of halogens is 1. The summed E-state index contributed by atoms with van der Waals surface area (Å²) in [7, 11) is 0. The predicted molar refractivity (Wildman–Crippen MR) is 61.7 cm³/mol. The van der Waals surface area contributed by atoms with E-state index in [4.69, 9.17) is 0 Å². The van der Waals surface area contributed by atoms with E-state index < -0.39 is 0 Å². The molecule has 0 heterocycles. The molecule has 1 aromatic carbocycles. The van der Waals surface area contributed by atoms with E-state index in [1.165, 1.54) is 0 Å². The van der Waals surface area contributed by atoms with Crippen LogP contribution >= 0.6 is 22.6 Å². The molecule has 1 N–H and O–H groups in total. The topological polar surface area (TPSA) is 29.1 Å². The van der Waals surface area contributed by atoms with Gasteiger partial charge in [-0.3, -0.25) is 4.79 Å². The largest absolute Gasteiger partial charge is 0.349 e. The quantitative estimate of drug-likeness (QED) is 0.669. The van der Waals surface area contributed by atoms with E-state index in [2.05, 4.69) is 34.5 Å². The van der Waals surface area contributed by atoms with Crippen LogP contribution in [0.2, 0.25) is 0 Å². The van der Waals surface area contributed by atoms with Crippen LogP contribution in [-0.2, 0) is 0 Å². The molecule has 0 unspecified atom stereocenters. The Morgan fingerprint density at radius 3 is 2.62 bits per heavy atom. The second-order valence-corrected chi connectivity index (χ2v) is 3.75. The van der Waals surface area contributed by atoms with Crippen LogP contribution in [0.3, 0.4) is 0 Å². The van der Waals surface area contributed by atoms with Crippen LogP contribution in [0.1, 0.15) is 10.4 Å². The van der Waals surface area contributed by atoms with Crippen molar-refractivity contribution in [2.45, 2.75) is 0 Å². The van der Waals surface area contributed by atoms with Gasteiger partial charge in [0.2, 0.25) is 0 Å². The van der Waals surface area contributed by atoms with Crippen LogP contribution in [0.5, 0.6) is 0 Å². The summed E-state index contributed by atoms with van der Waals surface area (Å²) in [5.74, 6) is -0.0590. The SMILES string of the molecule is C=CCNC(=O)c1ccc([124I])cc1. The maximum Gasteiger partial charge on any atom is 0.251 e. The van der Waals surface area contributed by atoms with Crippen molar-refractivity contribution < 1.29 is 4.79 Å². The minimum atomic E-state index is -0.0590. The van der Waals surface area contributed by atoms with E-state index in [0.717, 1.165) is 3.57 Å². The monoisotopic (exact) mass is 284 g/mol. The van der Waals surface area contributed by atoms with Gasteiger partial charge in [0.1, 0.15) is 0 Å². The molecule has 0 aliphatic carbocycles. The first-order valence-electron chi connectivity index (χ1n) is 3.88. The van der Waals surface area contributed by atoms with Gasteiger partial charge in [-0.1, -0.05) is 6.08 Å². The fourth-order valence-electron chi connectivity index (χ4n) is 0.868. The fraction of sp³-hybridized carbons (Fsp3) is 0.100. The number of hydrogen-bond acceptors (Lipinski definition) is 1. The first-order valence-corrected chi connectivity index (χ1v) is 4.96. The first-order chi connectivity index (χ1) is 6.24. The average molecular weight is 284 g/mol. The Kier molecular flexibility index (Phi) is 3.95. The molecule has 0 radical (unpaired) electrons. The smallest absolute Gasteiger partial charge is 0.251 e. The Balaban J connectivity index is 2.66. The standard InChI is InChI=1S/C10H10INO/c1-2-7-12-10(13)8-3-5-9(11)6-4-8/h2-6H,1,7H2,(H,12,13)/i11-3. The van der Waals surface area contributed by atoms with E-state index in [1.807, 2.05) is 12.1 Å². The molecule has 1 rings (SSSR count). The predicted octanol–water partition coefficient (Wildman–Crippen LogP) is 2.21. The van der Waals surface area contributed by atoms with E-state index in [0.29, 0.717) is 12.1 Å². The molecule has 1 aromatic rings. The zero-order valence-electron chi connectivity index (χ0n) is 7.09. The highest BCUT2D eigenvalue weighted by Crippen LogP contribution is 2.06. The number of amides is 1. The summed E-state index contributed by atoms with van der Waals surface area (Å²) in [6.45, 7) is 4.03. The van der Waals surface area contributed by atoms with E-state index in [-0.39, 0.29) is 5.91 Å². The maximum absolute atomic E-state index is 11.4. The fourth-order valence-corrected chi connectivity index (χ4v) is 1.23. The van der Waals surface area contributed by atoms with E-state index in [9.17, 15) is 4.79 Å². The molecule has 3 heteroatoms. The van der Waals surface area contributed by atoms with Gasteiger partial charge >= 0.3 is 0 Å². The van der Waals surface area contributed by atoms with Gasteiger partial charge < -0.3 is 5.32 Å².